The zero-order valence-corrected chi connectivity index (χ0v) is 11.9. The molecule has 4 heteroatoms. The van der Waals surface area contributed by atoms with E-state index in [1.54, 1.807) is 11.3 Å². The van der Waals surface area contributed by atoms with Gasteiger partial charge in [-0.05, 0) is 42.7 Å². The Balaban J connectivity index is 1.80. The number of benzene rings is 1. The Labute approximate surface area is 117 Å². The van der Waals surface area contributed by atoms with Crippen LogP contribution in [0.25, 0.3) is 0 Å². The van der Waals surface area contributed by atoms with Gasteiger partial charge in [-0.1, -0.05) is 24.3 Å². The van der Waals surface area contributed by atoms with Crippen LogP contribution in [-0.4, -0.2) is 11.2 Å². The Bertz CT molecular complexity index is 480. The largest absolute Gasteiger partial charge is 0.360 e. The highest BCUT2D eigenvalue weighted by Gasteiger charge is 2.06. The van der Waals surface area contributed by atoms with Crippen molar-refractivity contribution in [1.29, 1.82) is 0 Å². The summed E-state index contributed by atoms with van der Waals surface area (Å²) in [5.74, 6) is 0. The summed E-state index contributed by atoms with van der Waals surface area (Å²) in [6.45, 7) is 2.14. The van der Waals surface area contributed by atoms with Crippen LogP contribution in [0.1, 0.15) is 11.8 Å². The molecule has 2 aromatic rings. The van der Waals surface area contributed by atoms with E-state index in [2.05, 4.69) is 35.1 Å². The van der Waals surface area contributed by atoms with Crippen molar-refractivity contribution in [2.24, 2.45) is 0 Å². The number of thiocarbonyl (C=S) groups is 1. The third-order valence-electron chi connectivity index (χ3n) is 2.50. The average molecular weight is 276 g/mol. The van der Waals surface area contributed by atoms with Gasteiger partial charge in [0.2, 0.25) is 0 Å². The fourth-order valence-electron chi connectivity index (χ4n) is 1.69. The van der Waals surface area contributed by atoms with Crippen molar-refractivity contribution < 1.29 is 0 Å². The van der Waals surface area contributed by atoms with Crippen LogP contribution in [0.5, 0.6) is 0 Å². The summed E-state index contributed by atoms with van der Waals surface area (Å²) in [5, 5.41) is 9.24. The van der Waals surface area contributed by atoms with Crippen molar-refractivity contribution in [3.05, 3.63) is 52.7 Å². The van der Waals surface area contributed by atoms with E-state index in [9.17, 15) is 0 Å². The maximum Gasteiger partial charge on any atom is 0.170 e. The van der Waals surface area contributed by atoms with Gasteiger partial charge in [-0.2, -0.15) is 0 Å². The molecule has 0 aliphatic rings. The molecule has 0 aliphatic heterocycles. The Hall–Kier alpha value is -1.39. The molecule has 1 heterocycles. The first-order valence-electron chi connectivity index (χ1n) is 5.89. The van der Waals surface area contributed by atoms with Gasteiger partial charge in [0.05, 0.1) is 0 Å². The van der Waals surface area contributed by atoms with Crippen molar-refractivity contribution in [2.75, 3.05) is 5.32 Å². The van der Waals surface area contributed by atoms with Crippen LogP contribution in [0.4, 0.5) is 5.69 Å². The molecule has 2 rings (SSSR count). The smallest absolute Gasteiger partial charge is 0.170 e. The van der Waals surface area contributed by atoms with Gasteiger partial charge in [0, 0.05) is 23.0 Å². The summed E-state index contributed by atoms with van der Waals surface area (Å²) in [4.78, 5) is 1.37. The molecule has 94 valence electrons. The van der Waals surface area contributed by atoms with E-state index >= 15 is 0 Å². The maximum absolute atomic E-state index is 5.29. The molecular formula is C14H16N2S2. The highest BCUT2D eigenvalue weighted by molar-refractivity contribution is 7.80. The zero-order chi connectivity index (χ0) is 12.8. The second-order valence-corrected chi connectivity index (χ2v) is 5.59. The van der Waals surface area contributed by atoms with Crippen LogP contribution in [0.3, 0.4) is 0 Å². The van der Waals surface area contributed by atoms with Crippen molar-refractivity contribution in [3.8, 4) is 0 Å². The third kappa shape index (κ3) is 4.13. The zero-order valence-electron chi connectivity index (χ0n) is 10.2. The monoisotopic (exact) mass is 276 g/mol. The van der Waals surface area contributed by atoms with Gasteiger partial charge in [0.1, 0.15) is 0 Å². The standard InChI is InChI=1S/C14H16N2S2/c1-11(10-13-8-5-9-18-13)15-14(17)16-12-6-3-2-4-7-12/h2-9,11H,10H2,1H3,(H2,15,16,17)/t11-/m0/s1. The van der Waals surface area contributed by atoms with Crippen molar-refractivity contribution >= 4 is 34.4 Å². The fourth-order valence-corrected chi connectivity index (χ4v) is 2.85. The van der Waals surface area contributed by atoms with Crippen LogP contribution in [0, 0.1) is 0 Å². The quantitative estimate of drug-likeness (QED) is 0.833. The van der Waals surface area contributed by atoms with Crippen LogP contribution >= 0.6 is 23.6 Å². The number of anilines is 1. The summed E-state index contributed by atoms with van der Waals surface area (Å²) < 4.78 is 0. The van der Waals surface area contributed by atoms with E-state index in [4.69, 9.17) is 12.2 Å². The lowest BCUT2D eigenvalue weighted by Crippen LogP contribution is -2.36. The highest BCUT2D eigenvalue weighted by atomic mass is 32.1. The Morgan fingerprint density at radius 1 is 1.22 bits per heavy atom. The maximum atomic E-state index is 5.29. The van der Waals surface area contributed by atoms with Gasteiger partial charge in [-0.25, -0.2) is 0 Å². The molecule has 0 radical (unpaired) electrons. The van der Waals surface area contributed by atoms with Gasteiger partial charge >= 0.3 is 0 Å². The topological polar surface area (TPSA) is 24.1 Å². The van der Waals surface area contributed by atoms with Crippen LogP contribution in [0.2, 0.25) is 0 Å². The van der Waals surface area contributed by atoms with Gasteiger partial charge in [-0.15, -0.1) is 11.3 Å². The second kappa shape index (κ2) is 6.52. The van der Waals surface area contributed by atoms with Crippen molar-refractivity contribution in [3.63, 3.8) is 0 Å². The molecule has 0 bridgehead atoms. The Morgan fingerprint density at radius 2 is 2.00 bits per heavy atom. The molecule has 0 amide bonds. The predicted octanol–water partition coefficient (Wildman–Crippen LogP) is 3.67. The molecule has 0 aliphatic carbocycles. The van der Waals surface area contributed by atoms with Crippen LogP contribution in [0.15, 0.2) is 47.8 Å². The van der Waals surface area contributed by atoms with Gasteiger partial charge in [0.15, 0.2) is 5.11 Å². The molecule has 0 saturated heterocycles. The minimum absolute atomic E-state index is 0.326. The lowest BCUT2D eigenvalue weighted by atomic mass is 10.2. The van der Waals surface area contributed by atoms with E-state index in [1.165, 1.54) is 4.88 Å². The van der Waals surface area contributed by atoms with Gasteiger partial charge < -0.3 is 10.6 Å². The Morgan fingerprint density at radius 3 is 2.67 bits per heavy atom. The molecule has 2 N–H and O–H groups in total. The lowest BCUT2D eigenvalue weighted by molar-refractivity contribution is 0.670. The molecule has 1 aromatic carbocycles. The summed E-state index contributed by atoms with van der Waals surface area (Å²) >= 11 is 7.07. The molecule has 0 spiro atoms. The van der Waals surface area contributed by atoms with Crippen molar-refractivity contribution in [2.45, 2.75) is 19.4 Å². The number of hydrogen-bond donors (Lipinski definition) is 2. The molecule has 18 heavy (non-hydrogen) atoms. The predicted molar refractivity (Wildman–Crippen MR) is 83.3 cm³/mol. The van der Waals surface area contributed by atoms with E-state index in [-0.39, 0.29) is 0 Å². The van der Waals surface area contributed by atoms with Crippen molar-refractivity contribution in [1.82, 2.24) is 5.32 Å². The van der Waals surface area contributed by atoms with Crippen LogP contribution in [-0.2, 0) is 6.42 Å². The average Bonchev–Trinajstić information content (AvgIpc) is 2.82. The first-order chi connectivity index (χ1) is 8.74. The molecule has 0 fully saturated rings. The molecule has 0 saturated carbocycles. The second-order valence-electron chi connectivity index (χ2n) is 4.15. The lowest BCUT2D eigenvalue weighted by Gasteiger charge is -2.16. The van der Waals surface area contributed by atoms with E-state index in [1.807, 2.05) is 30.3 Å². The van der Waals surface area contributed by atoms with Gasteiger partial charge in [0.25, 0.3) is 0 Å². The number of nitrogens with one attached hydrogen (secondary N) is 2. The summed E-state index contributed by atoms with van der Waals surface area (Å²) in [7, 11) is 0. The minimum atomic E-state index is 0.326. The van der Waals surface area contributed by atoms with Crippen LogP contribution < -0.4 is 10.6 Å². The third-order valence-corrected chi connectivity index (χ3v) is 3.62. The Kier molecular flexibility index (Phi) is 4.73. The van der Waals surface area contributed by atoms with E-state index in [0.29, 0.717) is 11.2 Å². The molecule has 2 nitrogen and oxygen atoms in total. The molecule has 1 atom stereocenters. The molecule has 1 aromatic heterocycles. The SMILES string of the molecule is C[C@@H](Cc1cccs1)NC(=S)Nc1ccccc1. The summed E-state index contributed by atoms with van der Waals surface area (Å²) in [6.07, 6.45) is 0.994. The number of rotatable bonds is 4. The first kappa shape index (κ1) is 13.1. The number of thiophene rings is 1. The van der Waals surface area contributed by atoms with E-state index < -0.39 is 0 Å². The van der Waals surface area contributed by atoms with E-state index in [0.717, 1.165) is 12.1 Å². The number of para-hydroxylation sites is 1. The number of hydrogen-bond acceptors (Lipinski definition) is 2. The minimum Gasteiger partial charge on any atom is -0.360 e. The first-order valence-corrected chi connectivity index (χ1v) is 7.18. The summed E-state index contributed by atoms with van der Waals surface area (Å²) in [6, 6.07) is 14.5. The highest BCUT2D eigenvalue weighted by Crippen LogP contribution is 2.11. The molecular weight excluding hydrogens is 260 g/mol. The fraction of sp³-hybridized carbons (Fsp3) is 0.214. The summed E-state index contributed by atoms with van der Waals surface area (Å²) in [5.41, 5.74) is 1.01. The normalized spacial score (nSPS) is 11.8. The van der Waals surface area contributed by atoms with Gasteiger partial charge in [-0.3, -0.25) is 0 Å². The molecule has 0 unspecified atom stereocenters.